The normalized spacial score (nSPS) is 19.2. The Morgan fingerprint density at radius 1 is 1.00 bits per heavy atom. The number of carbonyl (C=O) groups excluding carboxylic acids is 1. The first-order chi connectivity index (χ1) is 16.1. The van der Waals surface area contributed by atoms with Gasteiger partial charge in [0.25, 0.3) is 0 Å². The molecule has 6 nitrogen and oxygen atoms in total. The van der Waals surface area contributed by atoms with E-state index in [0.29, 0.717) is 12.6 Å². The Morgan fingerprint density at radius 3 is 2.45 bits per heavy atom. The molecule has 1 aromatic carbocycles. The summed E-state index contributed by atoms with van der Waals surface area (Å²) in [4.78, 5) is 28.3. The van der Waals surface area contributed by atoms with Crippen LogP contribution in [0.2, 0.25) is 0 Å². The van der Waals surface area contributed by atoms with Gasteiger partial charge in [-0.3, -0.25) is 14.6 Å². The van der Waals surface area contributed by atoms with E-state index in [9.17, 15) is 4.79 Å². The van der Waals surface area contributed by atoms with Crippen molar-refractivity contribution in [3.63, 3.8) is 0 Å². The average Bonchev–Trinajstić information content (AvgIpc) is 2.85. The third-order valence-electron chi connectivity index (χ3n) is 7.51. The number of aromatic nitrogens is 2. The number of benzene rings is 1. The zero-order valence-electron chi connectivity index (χ0n) is 20.5. The Kier molecular flexibility index (Phi) is 8.10. The van der Waals surface area contributed by atoms with Gasteiger partial charge >= 0.3 is 0 Å². The second kappa shape index (κ2) is 11.2. The lowest BCUT2D eigenvalue weighted by atomic mass is 9.93. The molecular formula is C27H39N5O. The molecule has 6 heteroatoms. The van der Waals surface area contributed by atoms with Crippen molar-refractivity contribution in [2.45, 2.75) is 59.0 Å². The van der Waals surface area contributed by atoms with Gasteiger partial charge in [-0.25, -0.2) is 9.97 Å². The number of hydrogen-bond acceptors (Lipinski definition) is 5. The summed E-state index contributed by atoms with van der Waals surface area (Å²) in [6.45, 7) is 13.0. The van der Waals surface area contributed by atoms with Crippen molar-refractivity contribution in [2.24, 2.45) is 5.92 Å². The van der Waals surface area contributed by atoms with Gasteiger partial charge in [-0.05, 0) is 41.9 Å². The van der Waals surface area contributed by atoms with Gasteiger partial charge in [0.1, 0.15) is 6.33 Å². The number of fused-ring (bicyclic) bond motifs is 1. The molecule has 1 saturated heterocycles. The van der Waals surface area contributed by atoms with Crippen LogP contribution in [-0.4, -0.2) is 75.9 Å². The second-order valence-electron chi connectivity index (χ2n) is 9.73. The third-order valence-corrected chi connectivity index (χ3v) is 7.51. The summed E-state index contributed by atoms with van der Waals surface area (Å²) < 4.78 is 0. The molecule has 2 aliphatic heterocycles. The van der Waals surface area contributed by atoms with Gasteiger partial charge in [0.05, 0.1) is 6.54 Å². The maximum absolute atomic E-state index is 13.1. The first-order valence-electron chi connectivity index (χ1n) is 12.7. The highest BCUT2D eigenvalue weighted by atomic mass is 16.2. The molecule has 0 spiro atoms. The van der Waals surface area contributed by atoms with Gasteiger partial charge in [0.15, 0.2) is 0 Å². The van der Waals surface area contributed by atoms with Gasteiger partial charge in [-0.15, -0.1) is 0 Å². The molecule has 0 aliphatic carbocycles. The average molecular weight is 450 g/mol. The summed E-state index contributed by atoms with van der Waals surface area (Å²) in [5.74, 6) is 1.01. The highest BCUT2D eigenvalue weighted by molar-refractivity contribution is 5.78. The number of nitrogens with zero attached hydrogens (tertiary/aromatic N) is 5. The van der Waals surface area contributed by atoms with Crippen molar-refractivity contribution in [3.05, 3.63) is 48.0 Å². The summed E-state index contributed by atoms with van der Waals surface area (Å²) in [6, 6.07) is 7.25. The SMILES string of the molecule is CCC[C@H](C)C(CC)N1CCN(C(=O)CN2CCc3cc(-c4cncnc4)ccc3C2)CC1. The van der Waals surface area contributed by atoms with Gasteiger partial charge in [-0.2, -0.15) is 0 Å². The van der Waals surface area contributed by atoms with E-state index >= 15 is 0 Å². The predicted octanol–water partition coefficient (Wildman–Crippen LogP) is 3.86. The maximum atomic E-state index is 13.1. The zero-order valence-corrected chi connectivity index (χ0v) is 20.5. The van der Waals surface area contributed by atoms with Gasteiger partial charge < -0.3 is 4.90 Å². The molecule has 4 rings (SSSR count). The summed E-state index contributed by atoms with van der Waals surface area (Å²) >= 11 is 0. The molecule has 1 amide bonds. The molecule has 3 heterocycles. The van der Waals surface area contributed by atoms with E-state index in [1.54, 1.807) is 6.33 Å². The molecule has 2 aliphatic rings. The van der Waals surface area contributed by atoms with Crippen LogP contribution in [0.25, 0.3) is 11.1 Å². The van der Waals surface area contributed by atoms with Crippen LogP contribution in [0.3, 0.4) is 0 Å². The molecule has 0 bridgehead atoms. The maximum Gasteiger partial charge on any atom is 0.236 e. The van der Waals surface area contributed by atoms with Crippen molar-refractivity contribution in [2.75, 3.05) is 39.3 Å². The fourth-order valence-corrected chi connectivity index (χ4v) is 5.64. The van der Waals surface area contributed by atoms with E-state index in [1.807, 2.05) is 12.4 Å². The fraction of sp³-hybridized carbons (Fsp3) is 0.593. The first kappa shape index (κ1) is 23.8. The van der Waals surface area contributed by atoms with E-state index < -0.39 is 0 Å². The molecule has 178 valence electrons. The molecule has 33 heavy (non-hydrogen) atoms. The van der Waals surface area contributed by atoms with Crippen molar-refractivity contribution in [3.8, 4) is 11.1 Å². The minimum Gasteiger partial charge on any atom is -0.339 e. The van der Waals surface area contributed by atoms with Crippen LogP contribution in [0.15, 0.2) is 36.9 Å². The third kappa shape index (κ3) is 5.79. The van der Waals surface area contributed by atoms with E-state index in [1.165, 1.54) is 30.4 Å². The van der Waals surface area contributed by atoms with Crippen LogP contribution < -0.4 is 0 Å². The lowest BCUT2D eigenvalue weighted by molar-refractivity contribution is -0.134. The minimum atomic E-state index is 0.283. The van der Waals surface area contributed by atoms with Crippen LogP contribution >= 0.6 is 0 Å². The molecule has 2 aromatic rings. The Morgan fingerprint density at radius 2 is 1.76 bits per heavy atom. The Balaban J connectivity index is 1.29. The van der Waals surface area contributed by atoms with Crippen LogP contribution in [-0.2, 0) is 17.8 Å². The summed E-state index contributed by atoms with van der Waals surface area (Å²) in [6.07, 6.45) is 9.98. The number of piperazine rings is 1. The van der Waals surface area contributed by atoms with Crippen LogP contribution in [0.5, 0.6) is 0 Å². The molecule has 2 atom stereocenters. The second-order valence-corrected chi connectivity index (χ2v) is 9.73. The summed E-state index contributed by atoms with van der Waals surface area (Å²) in [7, 11) is 0. The van der Waals surface area contributed by atoms with Crippen molar-refractivity contribution >= 4 is 5.91 Å². The highest BCUT2D eigenvalue weighted by Gasteiger charge is 2.29. The van der Waals surface area contributed by atoms with Gasteiger partial charge in [-0.1, -0.05) is 45.4 Å². The first-order valence-corrected chi connectivity index (χ1v) is 12.7. The number of hydrogen-bond donors (Lipinski definition) is 0. The lowest BCUT2D eigenvalue weighted by Crippen LogP contribution is -2.54. The van der Waals surface area contributed by atoms with Crippen LogP contribution in [0.1, 0.15) is 51.2 Å². The zero-order chi connectivity index (χ0) is 23.2. The standard InChI is InChI=1S/C27H39N5O/c1-4-6-21(3)26(5-2)31-11-13-32(14-12-31)27(33)19-30-10-9-23-15-22(7-8-24(23)18-30)25-16-28-20-29-17-25/h7-8,15-17,20-21,26H,4-6,9-14,18-19H2,1-3H3/t21-,26?/m0/s1. The quantitative estimate of drug-likeness (QED) is 0.613. The van der Waals surface area contributed by atoms with Crippen LogP contribution in [0.4, 0.5) is 0 Å². The van der Waals surface area contributed by atoms with Crippen molar-refractivity contribution in [1.82, 2.24) is 24.7 Å². The predicted molar refractivity (Wildman–Crippen MR) is 133 cm³/mol. The Labute approximate surface area is 199 Å². The molecule has 0 saturated carbocycles. The monoisotopic (exact) mass is 449 g/mol. The molecule has 1 fully saturated rings. The smallest absolute Gasteiger partial charge is 0.236 e. The topological polar surface area (TPSA) is 52.6 Å². The lowest BCUT2D eigenvalue weighted by Gasteiger charge is -2.42. The van der Waals surface area contributed by atoms with Crippen molar-refractivity contribution in [1.29, 1.82) is 0 Å². The molecule has 1 unspecified atom stereocenters. The molecule has 0 N–H and O–H groups in total. The Bertz CT molecular complexity index is 910. The van der Waals surface area contributed by atoms with E-state index in [0.717, 1.165) is 62.7 Å². The molecular weight excluding hydrogens is 410 g/mol. The minimum absolute atomic E-state index is 0.283. The summed E-state index contributed by atoms with van der Waals surface area (Å²) in [5.41, 5.74) is 4.91. The van der Waals surface area contributed by atoms with E-state index in [-0.39, 0.29) is 5.91 Å². The largest absolute Gasteiger partial charge is 0.339 e. The van der Waals surface area contributed by atoms with Gasteiger partial charge in [0, 0.05) is 63.3 Å². The fourth-order valence-electron chi connectivity index (χ4n) is 5.64. The summed E-state index contributed by atoms with van der Waals surface area (Å²) in [5, 5.41) is 0. The highest BCUT2D eigenvalue weighted by Crippen LogP contribution is 2.26. The van der Waals surface area contributed by atoms with Crippen LogP contribution in [0, 0.1) is 5.92 Å². The molecule has 0 radical (unpaired) electrons. The number of amides is 1. The van der Waals surface area contributed by atoms with E-state index in [2.05, 4.69) is 63.6 Å². The number of carbonyl (C=O) groups is 1. The van der Waals surface area contributed by atoms with Gasteiger partial charge in [0.2, 0.25) is 5.91 Å². The number of rotatable bonds is 8. The molecule has 1 aromatic heterocycles. The Hall–Kier alpha value is -2.31. The van der Waals surface area contributed by atoms with Crippen molar-refractivity contribution < 1.29 is 4.79 Å². The van der Waals surface area contributed by atoms with E-state index in [4.69, 9.17) is 0 Å².